The van der Waals surface area contributed by atoms with Gasteiger partial charge in [-0.2, -0.15) is 0 Å². The summed E-state index contributed by atoms with van der Waals surface area (Å²) in [6, 6.07) is 6.35. The van der Waals surface area contributed by atoms with Crippen molar-refractivity contribution in [2.45, 2.75) is 32.6 Å². The summed E-state index contributed by atoms with van der Waals surface area (Å²) < 4.78 is 0. The van der Waals surface area contributed by atoms with E-state index in [-0.39, 0.29) is 5.91 Å². The van der Waals surface area contributed by atoms with E-state index in [9.17, 15) is 4.79 Å². The van der Waals surface area contributed by atoms with Crippen molar-refractivity contribution in [3.05, 3.63) is 29.3 Å². The highest BCUT2D eigenvalue weighted by Gasteiger charge is 2.25. The van der Waals surface area contributed by atoms with Crippen LogP contribution in [0.15, 0.2) is 23.1 Å². The second-order valence-corrected chi connectivity index (χ2v) is 5.82. The van der Waals surface area contributed by atoms with Crippen LogP contribution in [0.5, 0.6) is 0 Å². The molecule has 0 heterocycles. The van der Waals surface area contributed by atoms with E-state index in [0.717, 1.165) is 0 Å². The third-order valence-electron chi connectivity index (χ3n) is 2.59. The number of nitrogens with two attached hydrogens (primary N) is 1. The van der Waals surface area contributed by atoms with Gasteiger partial charge in [-0.25, -0.2) is 0 Å². The lowest BCUT2D eigenvalue weighted by atomic mass is 9.96. The van der Waals surface area contributed by atoms with Crippen molar-refractivity contribution in [1.82, 2.24) is 0 Å². The lowest BCUT2D eigenvalue weighted by Crippen LogP contribution is -2.33. The molecule has 1 rings (SSSR count). The molecule has 0 unspecified atom stereocenters. The SMILES string of the molecule is Cc1ccc(SCC(C)(C)C(N)=O)c(C)c1. The summed E-state index contributed by atoms with van der Waals surface area (Å²) in [5.41, 5.74) is 7.40. The average Bonchev–Trinajstić information content (AvgIpc) is 2.16. The van der Waals surface area contributed by atoms with Crippen molar-refractivity contribution in [3.63, 3.8) is 0 Å². The summed E-state index contributed by atoms with van der Waals surface area (Å²) in [6.45, 7) is 7.93. The average molecular weight is 237 g/mol. The highest BCUT2D eigenvalue weighted by Crippen LogP contribution is 2.29. The first-order valence-electron chi connectivity index (χ1n) is 5.33. The number of thioether (sulfide) groups is 1. The second kappa shape index (κ2) is 4.91. The molecule has 88 valence electrons. The van der Waals surface area contributed by atoms with E-state index in [4.69, 9.17) is 5.73 Å². The number of benzene rings is 1. The van der Waals surface area contributed by atoms with Crippen LogP contribution in [-0.4, -0.2) is 11.7 Å². The Bertz CT molecular complexity index is 399. The summed E-state index contributed by atoms with van der Waals surface area (Å²) in [6.07, 6.45) is 0. The highest BCUT2D eigenvalue weighted by atomic mass is 32.2. The molecule has 0 bridgehead atoms. The van der Waals surface area contributed by atoms with Crippen LogP contribution in [0.4, 0.5) is 0 Å². The molecular formula is C13H19NOS. The van der Waals surface area contributed by atoms with Gasteiger partial charge in [0.15, 0.2) is 0 Å². The third kappa shape index (κ3) is 3.27. The normalized spacial score (nSPS) is 11.5. The van der Waals surface area contributed by atoms with Crippen LogP contribution < -0.4 is 5.73 Å². The Balaban J connectivity index is 2.72. The summed E-state index contributed by atoms with van der Waals surface area (Å²) in [4.78, 5) is 12.4. The van der Waals surface area contributed by atoms with Crippen molar-refractivity contribution in [3.8, 4) is 0 Å². The van der Waals surface area contributed by atoms with Gasteiger partial charge in [0, 0.05) is 10.6 Å². The molecule has 0 aromatic heterocycles. The number of rotatable bonds is 4. The molecule has 2 nitrogen and oxygen atoms in total. The third-order valence-corrected chi connectivity index (χ3v) is 4.22. The van der Waals surface area contributed by atoms with E-state index < -0.39 is 5.41 Å². The number of aryl methyl sites for hydroxylation is 2. The van der Waals surface area contributed by atoms with Gasteiger partial charge in [0.1, 0.15) is 0 Å². The monoisotopic (exact) mass is 237 g/mol. The smallest absolute Gasteiger partial charge is 0.223 e. The summed E-state index contributed by atoms with van der Waals surface area (Å²) >= 11 is 1.69. The largest absolute Gasteiger partial charge is 0.369 e. The van der Waals surface area contributed by atoms with Crippen molar-refractivity contribution < 1.29 is 4.79 Å². The van der Waals surface area contributed by atoms with Gasteiger partial charge >= 0.3 is 0 Å². The first-order valence-corrected chi connectivity index (χ1v) is 6.31. The Hall–Kier alpha value is -0.960. The topological polar surface area (TPSA) is 43.1 Å². The summed E-state index contributed by atoms with van der Waals surface area (Å²) in [5, 5.41) is 0. The highest BCUT2D eigenvalue weighted by molar-refractivity contribution is 7.99. The molecule has 0 saturated carbocycles. The fourth-order valence-electron chi connectivity index (χ4n) is 1.29. The van der Waals surface area contributed by atoms with E-state index in [2.05, 4.69) is 32.0 Å². The predicted octanol–water partition coefficient (Wildman–Crippen LogP) is 2.91. The number of carbonyl (C=O) groups excluding carboxylic acids is 1. The maximum atomic E-state index is 11.2. The minimum absolute atomic E-state index is 0.246. The predicted molar refractivity (Wildman–Crippen MR) is 69.6 cm³/mol. The van der Waals surface area contributed by atoms with Crippen LogP contribution in [0.1, 0.15) is 25.0 Å². The Morgan fingerprint density at radius 1 is 1.38 bits per heavy atom. The first-order chi connectivity index (χ1) is 7.33. The Morgan fingerprint density at radius 2 is 2.00 bits per heavy atom. The molecule has 0 aliphatic carbocycles. The maximum absolute atomic E-state index is 11.2. The van der Waals surface area contributed by atoms with E-state index >= 15 is 0 Å². The number of primary amides is 1. The molecule has 0 aliphatic rings. The van der Waals surface area contributed by atoms with Gasteiger partial charge < -0.3 is 5.73 Å². The van der Waals surface area contributed by atoms with E-state index in [1.54, 1.807) is 11.8 Å². The maximum Gasteiger partial charge on any atom is 0.223 e. The zero-order valence-electron chi connectivity index (χ0n) is 10.3. The van der Waals surface area contributed by atoms with Gasteiger partial charge in [-0.05, 0) is 25.5 Å². The molecular weight excluding hydrogens is 218 g/mol. The van der Waals surface area contributed by atoms with Gasteiger partial charge in [-0.3, -0.25) is 4.79 Å². The van der Waals surface area contributed by atoms with Gasteiger partial charge in [0.25, 0.3) is 0 Å². The molecule has 3 heteroatoms. The number of carbonyl (C=O) groups is 1. The molecule has 0 radical (unpaired) electrons. The number of hydrogen-bond donors (Lipinski definition) is 1. The molecule has 0 saturated heterocycles. The van der Waals surface area contributed by atoms with Crippen LogP contribution in [0.2, 0.25) is 0 Å². The molecule has 1 aromatic rings. The summed E-state index contributed by atoms with van der Waals surface area (Å²) in [7, 11) is 0. The van der Waals surface area contributed by atoms with Crippen LogP contribution in [-0.2, 0) is 4.79 Å². The van der Waals surface area contributed by atoms with E-state index in [0.29, 0.717) is 5.75 Å². The van der Waals surface area contributed by atoms with Gasteiger partial charge in [0.2, 0.25) is 5.91 Å². The molecule has 0 fully saturated rings. The van der Waals surface area contributed by atoms with Crippen molar-refractivity contribution in [2.24, 2.45) is 11.1 Å². The quantitative estimate of drug-likeness (QED) is 0.818. The first kappa shape index (κ1) is 13.1. The van der Waals surface area contributed by atoms with Crippen LogP contribution >= 0.6 is 11.8 Å². The molecule has 16 heavy (non-hydrogen) atoms. The molecule has 0 spiro atoms. The molecule has 0 atom stereocenters. The van der Waals surface area contributed by atoms with Crippen LogP contribution in [0.25, 0.3) is 0 Å². The lowest BCUT2D eigenvalue weighted by molar-refractivity contribution is -0.124. The van der Waals surface area contributed by atoms with Gasteiger partial charge in [-0.1, -0.05) is 31.5 Å². The Morgan fingerprint density at radius 3 is 2.50 bits per heavy atom. The van der Waals surface area contributed by atoms with Crippen molar-refractivity contribution >= 4 is 17.7 Å². The molecule has 1 aromatic carbocycles. The van der Waals surface area contributed by atoms with Crippen LogP contribution in [0, 0.1) is 19.3 Å². The van der Waals surface area contributed by atoms with Crippen molar-refractivity contribution in [1.29, 1.82) is 0 Å². The van der Waals surface area contributed by atoms with Crippen molar-refractivity contribution in [2.75, 3.05) is 5.75 Å². The van der Waals surface area contributed by atoms with E-state index in [1.165, 1.54) is 16.0 Å². The van der Waals surface area contributed by atoms with E-state index in [1.807, 2.05) is 13.8 Å². The molecule has 1 amide bonds. The fraction of sp³-hybridized carbons (Fsp3) is 0.462. The number of hydrogen-bond acceptors (Lipinski definition) is 2. The Labute approximate surface area is 102 Å². The van der Waals surface area contributed by atoms with Gasteiger partial charge in [0.05, 0.1) is 5.41 Å². The lowest BCUT2D eigenvalue weighted by Gasteiger charge is -2.20. The Kier molecular flexibility index (Phi) is 4.03. The molecule has 2 N–H and O–H groups in total. The second-order valence-electron chi connectivity index (χ2n) is 4.81. The fourth-order valence-corrected chi connectivity index (χ4v) is 2.40. The van der Waals surface area contributed by atoms with Gasteiger partial charge in [-0.15, -0.1) is 11.8 Å². The zero-order valence-corrected chi connectivity index (χ0v) is 11.1. The molecule has 0 aliphatic heterocycles. The minimum atomic E-state index is -0.456. The zero-order chi connectivity index (χ0) is 12.3. The van der Waals surface area contributed by atoms with Crippen LogP contribution in [0.3, 0.4) is 0 Å². The minimum Gasteiger partial charge on any atom is -0.369 e. The standard InChI is InChI=1S/C13H19NOS/c1-9-5-6-11(10(2)7-9)16-8-13(3,4)12(14)15/h5-7H,8H2,1-4H3,(H2,14,15). The number of amides is 1. The summed E-state index contributed by atoms with van der Waals surface area (Å²) in [5.74, 6) is 0.469.